The van der Waals surface area contributed by atoms with Crippen LogP contribution in [0.1, 0.15) is 45.3 Å². The van der Waals surface area contributed by atoms with Crippen LogP contribution in [0.3, 0.4) is 0 Å². The van der Waals surface area contributed by atoms with Crippen LogP contribution in [-0.4, -0.2) is 49.9 Å². The molecule has 1 heterocycles. The van der Waals surface area contributed by atoms with Gasteiger partial charge < -0.3 is 19.9 Å². The van der Waals surface area contributed by atoms with Crippen LogP contribution >= 0.6 is 0 Å². The van der Waals surface area contributed by atoms with Crippen molar-refractivity contribution >= 4 is 5.97 Å². The number of rotatable bonds is 9. The second kappa shape index (κ2) is 8.69. The van der Waals surface area contributed by atoms with Gasteiger partial charge in [-0.25, -0.2) is 4.79 Å². The fraction of sp³-hybridized carbons (Fsp3) is 0.625. The van der Waals surface area contributed by atoms with Gasteiger partial charge >= 0.3 is 5.97 Å². The Kier molecular flexibility index (Phi) is 7.25. The highest BCUT2D eigenvalue weighted by Gasteiger charge is 2.27. The van der Waals surface area contributed by atoms with Crippen molar-refractivity contribution < 1.29 is 20.1 Å². The molecule has 0 saturated carbocycles. The molecule has 130 valence electrons. The number of hydrogen-bond donors (Lipinski definition) is 3. The van der Waals surface area contributed by atoms with Gasteiger partial charge in [0.1, 0.15) is 0 Å². The molecule has 7 heteroatoms. The van der Waals surface area contributed by atoms with Gasteiger partial charge in [-0.05, 0) is 32.9 Å². The van der Waals surface area contributed by atoms with Crippen LogP contribution in [0.15, 0.2) is 17.1 Å². The molecule has 1 aromatic heterocycles. The average Bonchev–Trinajstić information content (AvgIpc) is 2.44. The molecular formula is C16H26N2O5. The van der Waals surface area contributed by atoms with E-state index in [0.29, 0.717) is 12.2 Å². The Morgan fingerprint density at radius 1 is 1.30 bits per heavy atom. The summed E-state index contributed by atoms with van der Waals surface area (Å²) in [5, 5.41) is 28.8. The second-order valence-electron chi connectivity index (χ2n) is 5.72. The van der Waals surface area contributed by atoms with Gasteiger partial charge in [0.2, 0.25) is 5.43 Å². The number of carbonyl (C=O) groups is 1. The summed E-state index contributed by atoms with van der Waals surface area (Å²) in [6, 6.07) is -0.0204. The highest BCUT2D eigenvalue weighted by Crippen LogP contribution is 2.19. The maximum Gasteiger partial charge on any atom is 0.329 e. The molecule has 2 unspecified atom stereocenters. The lowest BCUT2D eigenvalue weighted by molar-refractivity contribution is -0.144. The predicted molar refractivity (Wildman–Crippen MR) is 86.6 cm³/mol. The first-order chi connectivity index (χ1) is 10.8. The third-order valence-electron chi connectivity index (χ3n) is 3.62. The molecule has 23 heavy (non-hydrogen) atoms. The van der Waals surface area contributed by atoms with Crippen LogP contribution < -0.4 is 5.43 Å². The molecule has 0 fully saturated rings. The average molecular weight is 326 g/mol. The largest absolute Gasteiger partial charge is 0.503 e. The van der Waals surface area contributed by atoms with E-state index >= 15 is 0 Å². The van der Waals surface area contributed by atoms with E-state index in [0.717, 1.165) is 32.1 Å². The fourth-order valence-corrected chi connectivity index (χ4v) is 2.65. The highest BCUT2D eigenvalue weighted by atomic mass is 16.4. The summed E-state index contributed by atoms with van der Waals surface area (Å²) in [6.45, 7) is 7.47. The molecule has 7 nitrogen and oxygen atoms in total. The molecule has 0 spiro atoms. The number of carboxylic acids is 1. The van der Waals surface area contributed by atoms with Crippen molar-refractivity contribution in [3.05, 3.63) is 28.2 Å². The van der Waals surface area contributed by atoms with E-state index in [1.807, 2.05) is 13.8 Å². The van der Waals surface area contributed by atoms with E-state index in [-0.39, 0.29) is 0 Å². The molecule has 0 aromatic carbocycles. The third-order valence-corrected chi connectivity index (χ3v) is 3.62. The van der Waals surface area contributed by atoms with Gasteiger partial charge in [0.25, 0.3) is 0 Å². The van der Waals surface area contributed by atoms with Gasteiger partial charge in [-0.1, -0.05) is 13.8 Å². The highest BCUT2D eigenvalue weighted by molar-refractivity contribution is 5.72. The molecule has 0 aliphatic rings. The Morgan fingerprint density at radius 3 is 2.30 bits per heavy atom. The molecule has 0 amide bonds. The number of aromatic nitrogens is 1. The first kappa shape index (κ1) is 19.2. The number of hydrogen-bond acceptors (Lipinski definition) is 5. The van der Waals surface area contributed by atoms with E-state index < -0.39 is 29.3 Å². The van der Waals surface area contributed by atoms with Crippen LogP contribution in [0.4, 0.5) is 0 Å². The summed E-state index contributed by atoms with van der Waals surface area (Å²) in [6.07, 6.45) is 1.79. The normalized spacial score (nSPS) is 14.0. The number of aliphatic hydroxyl groups is 1. The Morgan fingerprint density at radius 2 is 1.87 bits per heavy atom. The van der Waals surface area contributed by atoms with Gasteiger partial charge in [0.15, 0.2) is 11.8 Å². The molecule has 1 aromatic rings. The van der Waals surface area contributed by atoms with Crippen LogP contribution in [0, 0.1) is 0 Å². The Hall–Kier alpha value is -1.86. The van der Waals surface area contributed by atoms with Crippen molar-refractivity contribution in [3.8, 4) is 5.75 Å². The molecule has 3 N–H and O–H groups in total. The molecular weight excluding hydrogens is 300 g/mol. The maximum absolute atomic E-state index is 11.8. The minimum absolute atomic E-state index is 0.383. The quantitative estimate of drug-likeness (QED) is 0.630. The topological polar surface area (TPSA) is 103 Å². The maximum atomic E-state index is 11.8. The first-order valence-electron chi connectivity index (χ1n) is 7.89. The molecule has 0 aliphatic carbocycles. The van der Waals surface area contributed by atoms with E-state index in [1.165, 1.54) is 17.6 Å². The Bertz CT molecular complexity index is 576. The zero-order valence-electron chi connectivity index (χ0n) is 13.9. The fourth-order valence-electron chi connectivity index (χ4n) is 2.65. The van der Waals surface area contributed by atoms with Gasteiger partial charge in [-0.15, -0.1) is 0 Å². The molecule has 0 aliphatic heterocycles. The van der Waals surface area contributed by atoms with Gasteiger partial charge in [-0.3, -0.25) is 9.69 Å². The molecule has 0 saturated heterocycles. The summed E-state index contributed by atoms with van der Waals surface area (Å²) < 4.78 is 1.28. The minimum Gasteiger partial charge on any atom is -0.503 e. The monoisotopic (exact) mass is 326 g/mol. The summed E-state index contributed by atoms with van der Waals surface area (Å²) in [4.78, 5) is 25.3. The minimum atomic E-state index is -1.26. The zero-order chi connectivity index (χ0) is 17.6. The second-order valence-corrected chi connectivity index (χ2v) is 5.72. The van der Waals surface area contributed by atoms with E-state index in [1.54, 1.807) is 0 Å². The lowest BCUT2D eigenvalue weighted by Gasteiger charge is -2.27. The summed E-state index contributed by atoms with van der Waals surface area (Å²) >= 11 is 0. The lowest BCUT2D eigenvalue weighted by atomic mass is 10.1. The molecule has 0 bridgehead atoms. The van der Waals surface area contributed by atoms with E-state index in [9.17, 15) is 24.9 Å². The molecule has 0 radical (unpaired) electrons. The summed E-state index contributed by atoms with van der Waals surface area (Å²) in [5.74, 6) is -1.75. The number of aliphatic hydroxyl groups excluding tert-OH is 1. The summed E-state index contributed by atoms with van der Waals surface area (Å²) in [7, 11) is 0. The van der Waals surface area contributed by atoms with E-state index in [2.05, 4.69) is 4.90 Å². The van der Waals surface area contributed by atoms with Gasteiger partial charge in [0, 0.05) is 18.3 Å². The standard InChI is InChI=1S/C16H26N2O5/c1-4-6-17(7-5-2)9-12-8-13(20)14(21)10-18(12)15(11(3)19)16(22)23/h8,10-11,15,19,21H,4-7,9H2,1-3H3,(H,22,23). The van der Waals surface area contributed by atoms with Crippen molar-refractivity contribution in [1.29, 1.82) is 0 Å². The molecule has 2 atom stereocenters. The SMILES string of the molecule is CCCN(CCC)Cc1cc(=O)c(O)cn1C(C(=O)O)C(C)O. The van der Waals surface area contributed by atoms with Crippen molar-refractivity contribution in [2.45, 2.75) is 52.3 Å². The van der Waals surface area contributed by atoms with Crippen molar-refractivity contribution in [3.63, 3.8) is 0 Å². The third kappa shape index (κ3) is 5.07. The number of nitrogens with zero attached hydrogens (tertiary/aromatic N) is 2. The van der Waals surface area contributed by atoms with Crippen molar-refractivity contribution in [2.24, 2.45) is 0 Å². The smallest absolute Gasteiger partial charge is 0.329 e. The van der Waals surface area contributed by atoms with Gasteiger partial charge in [-0.2, -0.15) is 0 Å². The van der Waals surface area contributed by atoms with Crippen molar-refractivity contribution in [1.82, 2.24) is 9.47 Å². The van der Waals surface area contributed by atoms with Crippen molar-refractivity contribution in [2.75, 3.05) is 13.1 Å². The van der Waals surface area contributed by atoms with Crippen LogP contribution in [0.2, 0.25) is 0 Å². The first-order valence-corrected chi connectivity index (χ1v) is 7.89. The predicted octanol–water partition coefficient (Wildman–Crippen LogP) is 1.18. The van der Waals surface area contributed by atoms with Crippen LogP contribution in [0.25, 0.3) is 0 Å². The Labute approximate surface area is 135 Å². The van der Waals surface area contributed by atoms with Crippen LogP contribution in [0.5, 0.6) is 5.75 Å². The zero-order valence-corrected chi connectivity index (χ0v) is 13.9. The van der Waals surface area contributed by atoms with Gasteiger partial charge in [0.05, 0.1) is 12.3 Å². The number of carboxylic acid groups (broad SMARTS) is 1. The number of aromatic hydroxyl groups is 1. The number of pyridine rings is 1. The number of aliphatic carboxylic acids is 1. The van der Waals surface area contributed by atoms with Crippen LogP contribution in [-0.2, 0) is 11.3 Å². The summed E-state index contributed by atoms with van der Waals surface area (Å²) in [5.41, 5.74) is -0.0954. The van der Waals surface area contributed by atoms with E-state index in [4.69, 9.17) is 0 Å². The molecule has 1 rings (SSSR count). The lowest BCUT2D eigenvalue weighted by Crippen LogP contribution is -2.34. The Balaban J connectivity index is 3.31.